The molecule has 0 aliphatic heterocycles. The number of aromatic nitrogens is 1. The Bertz CT molecular complexity index is 849. The van der Waals surface area contributed by atoms with Crippen LogP contribution in [0.2, 0.25) is 0 Å². The number of hydrogen-bond acceptors (Lipinski definition) is 2. The number of pyridine rings is 1. The first kappa shape index (κ1) is 20.2. The lowest BCUT2D eigenvalue weighted by Crippen LogP contribution is -2.33. The van der Waals surface area contributed by atoms with E-state index in [0.717, 1.165) is 29.8 Å². The molecule has 0 bridgehead atoms. The van der Waals surface area contributed by atoms with Gasteiger partial charge in [0, 0.05) is 5.56 Å². The number of benzene rings is 1. The fourth-order valence-electron chi connectivity index (χ4n) is 4.42. The third kappa shape index (κ3) is 3.49. The molecule has 0 N–H and O–H groups in total. The lowest BCUT2D eigenvalue weighted by atomic mass is 9.63. The quantitative estimate of drug-likeness (QED) is 0.515. The summed E-state index contributed by atoms with van der Waals surface area (Å²) in [6, 6.07) is 13.0. The zero-order valence-corrected chi connectivity index (χ0v) is 18.6. The molecule has 0 amide bonds. The molecule has 0 spiro atoms. The molecule has 3 heteroatoms. The molecule has 0 saturated carbocycles. The Hall–Kier alpha value is -1.53. The molecular weight excluding hydrogens is 349 g/mol. The zero-order chi connectivity index (χ0) is 19.9. The van der Waals surface area contributed by atoms with Crippen molar-refractivity contribution in [1.82, 2.24) is 4.98 Å². The van der Waals surface area contributed by atoms with E-state index >= 15 is 0 Å². The maximum Gasteiger partial charge on any atom is 0.337 e. The third-order valence-corrected chi connectivity index (χ3v) is 8.14. The van der Waals surface area contributed by atoms with E-state index in [4.69, 9.17) is 4.98 Å². The van der Waals surface area contributed by atoms with E-state index in [1.807, 2.05) is 6.07 Å². The van der Waals surface area contributed by atoms with Crippen LogP contribution in [0.25, 0.3) is 11.3 Å². The average molecular weight is 383 g/mol. The van der Waals surface area contributed by atoms with Gasteiger partial charge < -0.3 is 0 Å². The second-order valence-electron chi connectivity index (χ2n) is 9.33. The van der Waals surface area contributed by atoms with Crippen LogP contribution >= 0.6 is 8.46 Å². The van der Waals surface area contributed by atoms with Gasteiger partial charge in [-0.1, -0.05) is 64.3 Å². The Labute approximate surface area is 166 Å². The molecule has 1 aromatic carbocycles. The van der Waals surface area contributed by atoms with Crippen LogP contribution in [0.15, 0.2) is 36.4 Å². The highest BCUT2D eigenvalue weighted by Crippen LogP contribution is 2.47. The molecule has 1 atom stereocenters. The molecule has 3 rings (SSSR count). The first-order chi connectivity index (χ1) is 12.7. The molecule has 27 heavy (non-hydrogen) atoms. The van der Waals surface area contributed by atoms with E-state index in [-0.39, 0.29) is 24.4 Å². The zero-order valence-electron chi connectivity index (χ0n) is 17.6. The smallest absolute Gasteiger partial charge is 0.248 e. The second-order valence-corrected chi connectivity index (χ2v) is 10.5. The standard InChI is InChI=1S/C24H32NOP/c1-7-24(8-2,27-26)21-11-9-10-20(25-21)17-12-13-18-19(16-17)23(5,6)15-14-22(18,3)4/h9-13,16H,7-8,14-15H2,1-6H3/p+1. The van der Waals surface area contributed by atoms with Gasteiger partial charge >= 0.3 is 8.46 Å². The van der Waals surface area contributed by atoms with Gasteiger partial charge in [0.1, 0.15) is 0 Å². The molecule has 1 aliphatic rings. The van der Waals surface area contributed by atoms with Crippen molar-refractivity contribution in [2.45, 2.75) is 83.2 Å². The van der Waals surface area contributed by atoms with E-state index in [0.29, 0.717) is 0 Å². The van der Waals surface area contributed by atoms with Crippen molar-refractivity contribution < 1.29 is 4.57 Å². The fraction of sp³-hybridized carbons (Fsp3) is 0.542. The van der Waals surface area contributed by atoms with Crippen molar-refractivity contribution in [2.75, 3.05) is 0 Å². The summed E-state index contributed by atoms with van der Waals surface area (Å²) in [7, 11) is -0.374. The Morgan fingerprint density at radius 2 is 1.59 bits per heavy atom. The van der Waals surface area contributed by atoms with Gasteiger partial charge in [0.05, 0.1) is 11.4 Å². The fourth-order valence-corrected chi connectivity index (χ4v) is 4.95. The Morgan fingerprint density at radius 1 is 0.963 bits per heavy atom. The van der Waals surface area contributed by atoms with Gasteiger partial charge in [-0.2, -0.15) is 0 Å². The largest absolute Gasteiger partial charge is 0.337 e. The van der Waals surface area contributed by atoms with Gasteiger partial charge in [-0.3, -0.25) is 0 Å². The monoisotopic (exact) mass is 382 g/mol. The van der Waals surface area contributed by atoms with Gasteiger partial charge in [0.15, 0.2) is 0 Å². The van der Waals surface area contributed by atoms with Gasteiger partial charge in [0.25, 0.3) is 0 Å². The molecule has 1 unspecified atom stereocenters. The van der Waals surface area contributed by atoms with Gasteiger partial charge in [-0.05, 0) is 65.8 Å². The van der Waals surface area contributed by atoms with Gasteiger partial charge in [-0.15, -0.1) is 0 Å². The predicted octanol–water partition coefficient (Wildman–Crippen LogP) is 7.14. The molecule has 0 radical (unpaired) electrons. The SMILES string of the molecule is CCC(CC)([PH+]=O)c1cccc(-c2ccc3c(c2)C(C)(C)CCC3(C)C)n1. The normalized spacial score (nSPS) is 18.3. The minimum Gasteiger partial charge on any atom is -0.248 e. The number of hydrogen-bond donors (Lipinski definition) is 0. The van der Waals surface area contributed by atoms with E-state index in [2.05, 4.69) is 71.9 Å². The maximum absolute atomic E-state index is 12.0. The van der Waals surface area contributed by atoms with E-state index in [1.54, 1.807) is 0 Å². The van der Waals surface area contributed by atoms with Crippen LogP contribution in [0.1, 0.15) is 84.0 Å². The highest BCUT2D eigenvalue weighted by atomic mass is 31.1. The van der Waals surface area contributed by atoms with Crippen molar-refractivity contribution in [3.05, 3.63) is 53.2 Å². The summed E-state index contributed by atoms with van der Waals surface area (Å²) in [6.45, 7) is 13.6. The number of fused-ring (bicyclic) bond motifs is 1. The highest BCUT2D eigenvalue weighted by Gasteiger charge is 2.39. The van der Waals surface area contributed by atoms with E-state index < -0.39 is 0 Å². The summed E-state index contributed by atoms with van der Waals surface area (Å²) in [5.74, 6) is 0. The molecule has 2 aromatic rings. The first-order valence-electron chi connectivity index (χ1n) is 10.2. The van der Waals surface area contributed by atoms with Crippen LogP contribution in [0.3, 0.4) is 0 Å². The summed E-state index contributed by atoms with van der Waals surface area (Å²) in [6.07, 6.45) is 4.11. The summed E-state index contributed by atoms with van der Waals surface area (Å²) in [4.78, 5) is 4.97. The van der Waals surface area contributed by atoms with Crippen LogP contribution in [0.4, 0.5) is 0 Å². The highest BCUT2D eigenvalue weighted by molar-refractivity contribution is 7.25. The van der Waals surface area contributed by atoms with Crippen molar-refractivity contribution >= 4 is 8.46 Å². The van der Waals surface area contributed by atoms with E-state index in [1.165, 1.54) is 24.0 Å². The van der Waals surface area contributed by atoms with Gasteiger partial charge in [-0.25, -0.2) is 4.98 Å². The summed E-state index contributed by atoms with van der Waals surface area (Å²) >= 11 is 0. The lowest BCUT2D eigenvalue weighted by molar-refractivity contribution is 0.332. The molecule has 1 aromatic heterocycles. The Kier molecular flexibility index (Phi) is 5.34. The number of nitrogens with zero attached hydrogens (tertiary/aromatic N) is 1. The first-order valence-corrected chi connectivity index (χ1v) is 11.1. The van der Waals surface area contributed by atoms with Crippen molar-refractivity contribution in [3.63, 3.8) is 0 Å². The van der Waals surface area contributed by atoms with Crippen LogP contribution < -0.4 is 0 Å². The molecule has 144 valence electrons. The third-order valence-electron chi connectivity index (χ3n) is 6.79. The summed E-state index contributed by atoms with van der Waals surface area (Å²) < 4.78 is 12.0. The Morgan fingerprint density at radius 3 is 2.19 bits per heavy atom. The topological polar surface area (TPSA) is 30.0 Å². The second kappa shape index (κ2) is 7.13. The van der Waals surface area contributed by atoms with Crippen LogP contribution in [-0.2, 0) is 20.6 Å². The van der Waals surface area contributed by atoms with Crippen LogP contribution in [-0.4, -0.2) is 4.98 Å². The Balaban J connectivity index is 2.11. The van der Waals surface area contributed by atoms with Crippen LogP contribution in [0.5, 0.6) is 0 Å². The molecule has 0 fully saturated rings. The van der Waals surface area contributed by atoms with Crippen molar-refractivity contribution in [1.29, 1.82) is 0 Å². The molecular formula is C24H33NOP+. The molecule has 2 nitrogen and oxygen atoms in total. The minimum absolute atomic E-state index is 0.186. The molecule has 1 heterocycles. The summed E-state index contributed by atoms with van der Waals surface area (Å²) in [5.41, 5.74) is 6.43. The predicted molar refractivity (Wildman–Crippen MR) is 116 cm³/mol. The average Bonchev–Trinajstić information content (AvgIpc) is 2.67. The lowest BCUT2D eigenvalue weighted by Gasteiger charge is -2.42. The van der Waals surface area contributed by atoms with Crippen molar-refractivity contribution in [3.8, 4) is 11.3 Å². The van der Waals surface area contributed by atoms with Crippen molar-refractivity contribution in [2.24, 2.45) is 0 Å². The number of rotatable bonds is 5. The van der Waals surface area contributed by atoms with Crippen LogP contribution in [0, 0.1) is 0 Å². The summed E-state index contributed by atoms with van der Waals surface area (Å²) in [5, 5.41) is -0.328. The minimum atomic E-state index is -0.374. The van der Waals surface area contributed by atoms with Gasteiger partial charge in [0.2, 0.25) is 5.16 Å². The molecule has 0 saturated heterocycles. The van der Waals surface area contributed by atoms with E-state index in [9.17, 15) is 4.57 Å². The molecule has 1 aliphatic carbocycles. The maximum atomic E-state index is 12.0.